The summed E-state index contributed by atoms with van der Waals surface area (Å²) < 4.78 is 22.8. The zero-order valence-electron chi connectivity index (χ0n) is 11.7. The third-order valence-corrected chi connectivity index (χ3v) is 5.36. The van der Waals surface area contributed by atoms with Crippen molar-refractivity contribution in [3.8, 4) is 0 Å². The molecular weight excluding hydrogens is 289 g/mol. The molecule has 0 bridgehead atoms. The maximum Gasteiger partial charge on any atom is 0.387 e. The Labute approximate surface area is 117 Å². The first kappa shape index (κ1) is 19.1. The molecule has 1 rings (SSSR count). The molecule has 0 aromatic heterocycles. The summed E-state index contributed by atoms with van der Waals surface area (Å²) in [4.78, 5) is 18.0. The molecule has 0 aliphatic heterocycles. The monoisotopic (exact) mass is 311 g/mol. The van der Waals surface area contributed by atoms with E-state index in [1.54, 1.807) is 0 Å². The number of carbonyl (C=O) groups excluding carboxylic acids is 1. The third-order valence-electron chi connectivity index (χ3n) is 2.89. The van der Waals surface area contributed by atoms with E-state index in [1.807, 2.05) is 13.8 Å². The van der Waals surface area contributed by atoms with Crippen molar-refractivity contribution in [2.45, 2.75) is 38.9 Å². The van der Waals surface area contributed by atoms with Crippen molar-refractivity contribution in [2.75, 3.05) is 13.2 Å². The molecule has 8 nitrogen and oxygen atoms in total. The van der Waals surface area contributed by atoms with E-state index in [0.29, 0.717) is 19.1 Å². The van der Waals surface area contributed by atoms with Gasteiger partial charge in [-0.05, 0) is 26.7 Å². The molecule has 0 amide bonds. The molecule has 1 saturated carbocycles. The number of aliphatic carboxylic acids is 2. The Morgan fingerprint density at radius 2 is 1.75 bits per heavy atom. The van der Waals surface area contributed by atoms with Crippen LogP contribution in [0.3, 0.4) is 0 Å². The fourth-order valence-corrected chi connectivity index (χ4v) is 3.66. The van der Waals surface area contributed by atoms with Crippen LogP contribution in [0.4, 0.5) is 0 Å². The summed E-state index contributed by atoms with van der Waals surface area (Å²) in [5.41, 5.74) is 3.96. The Bertz CT molecular complexity index is 348. The first-order valence-electron chi connectivity index (χ1n) is 6.44. The van der Waals surface area contributed by atoms with Crippen LogP contribution in [0.2, 0.25) is 0 Å². The van der Waals surface area contributed by atoms with Crippen molar-refractivity contribution in [1.82, 2.24) is 0 Å². The van der Waals surface area contributed by atoms with Gasteiger partial charge in [-0.15, -0.1) is 0 Å². The Morgan fingerprint density at radius 3 is 1.95 bits per heavy atom. The van der Waals surface area contributed by atoms with E-state index >= 15 is 0 Å². The minimum Gasteiger partial charge on any atom is -0.539 e. The highest BCUT2D eigenvalue weighted by molar-refractivity contribution is 7.54. The van der Waals surface area contributed by atoms with E-state index in [0.717, 1.165) is 12.8 Å². The molecule has 1 unspecified atom stereocenters. The van der Waals surface area contributed by atoms with Gasteiger partial charge in [-0.1, -0.05) is 6.42 Å². The lowest BCUT2D eigenvalue weighted by molar-refractivity contribution is -0.411. The van der Waals surface area contributed by atoms with Crippen LogP contribution >= 0.6 is 7.60 Å². The molecule has 0 aromatic carbocycles. The standard InChI is InChI=1S/C9H20NO3P.C2H2O4/c1-3-12-14(11,13-4-2)9(10)8-6-5-7-8;3-1(4)2(5)6/h8-9H,3-7,10H2,1-2H3;(H,3,4)(H,5,6). The van der Waals surface area contributed by atoms with Gasteiger partial charge in [0.05, 0.1) is 13.2 Å². The zero-order chi connectivity index (χ0) is 15.8. The molecule has 20 heavy (non-hydrogen) atoms. The second-order valence-electron chi connectivity index (χ2n) is 4.23. The Hall–Kier alpha value is -0.950. The first-order valence-corrected chi connectivity index (χ1v) is 8.05. The number of hydrogen-bond acceptors (Lipinski definition) is 6. The molecule has 0 saturated heterocycles. The van der Waals surface area contributed by atoms with Gasteiger partial charge >= 0.3 is 13.6 Å². The van der Waals surface area contributed by atoms with E-state index in [4.69, 9.17) is 28.8 Å². The summed E-state index contributed by atoms with van der Waals surface area (Å²) in [6.45, 7) is 4.52. The van der Waals surface area contributed by atoms with Gasteiger partial charge in [0.1, 0.15) is 0 Å². The predicted molar refractivity (Wildman–Crippen MR) is 67.5 cm³/mol. The van der Waals surface area contributed by atoms with Crippen molar-refractivity contribution in [2.24, 2.45) is 5.92 Å². The minimum atomic E-state index is -2.94. The molecule has 118 valence electrons. The van der Waals surface area contributed by atoms with Gasteiger partial charge in [-0.2, -0.15) is 0 Å². The van der Waals surface area contributed by atoms with Gasteiger partial charge in [0.15, 0.2) is 11.8 Å². The average molecular weight is 311 g/mol. The molecule has 0 spiro atoms. The SMILES string of the molecule is CCOP(=O)(OCC)C([NH3+])C1CCC1.O=C([O-])C(=O)O. The van der Waals surface area contributed by atoms with Crippen LogP contribution in [0.25, 0.3) is 0 Å². The molecule has 0 radical (unpaired) electrons. The third kappa shape index (κ3) is 6.00. The van der Waals surface area contributed by atoms with Crippen LogP contribution in [-0.2, 0) is 23.2 Å². The van der Waals surface area contributed by atoms with Crippen LogP contribution in [-0.4, -0.2) is 36.0 Å². The molecule has 0 heterocycles. The van der Waals surface area contributed by atoms with E-state index in [1.165, 1.54) is 6.42 Å². The summed E-state index contributed by atoms with van der Waals surface area (Å²) in [6, 6.07) is 0. The van der Waals surface area contributed by atoms with Gasteiger partial charge in [0, 0.05) is 5.92 Å². The predicted octanol–water partition coefficient (Wildman–Crippen LogP) is -0.558. The van der Waals surface area contributed by atoms with E-state index in [9.17, 15) is 4.57 Å². The lowest BCUT2D eigenvalue weighted by atomic mass is 9.85. The molecule has 1 aliphatic carbocycles. The topological polar surface area (TPSA) is 141 Å². The smallest absolute Gasteiger partial charge is 0.387 e. The van der Waals surface area contributed by atoms with Gasteiger partial charge in [-0.25, -0.2) is 4.79 Å². The normalized spacial score (nSPS) is 16.6. The highest BCUT2D eigenvalue weighted by atomic mass is 31.2. The summed E-state index contributed by atoms with van der Waals surface area (Å²) in [5, 5.41) is 16.3. The molecular formula is C11H22NO7P. The lowest BCUT2D eigenvalue weighted by Gasteiger charge is -2.32. The molecule has 4 N–H and O–H groups in total. The van der Waals surface area contributed by atoms with Crippen LogP contribution in [0.15, 0.2) is 0 Å². The van der Waals surface area contributed by atoms with Crippen LogP contribution in [0, 0.1) is 5.92 Å². The van der Waals surface area contributed by atoms with Crippen molar-refractivity contribution in [3.05, 3.63) is 0 Å². The molecule has 1 fully saturated rings. The number of carboxylic acids is 2. The van der Waals surface area contributed by atoms with Crippen LogP contribution < -0.4 is 10.8 Å². The average Bonchev–Trinajstić information content (AvgIpc) is 2.27. The Balaban J connectivity index is 0.000000511. The summed E-state index contributed by atoms with van der Waals surface area (Å²) >= 11 is 0. The van der Waals surface area contributed by atoms with E-state index in [2.05, 4.69) is 5.73 Å². The van der Waals surface area contributed by atoms with Gasteiger partial charge < -0.3 is 29.8 Å². The Morgan fingerprint density at radius 1 is 1.35 bits per heavy atom. The van der Waals surface area contributed by atoms with Crippen molar-refractivity contribution in [3.63, 3.8) is 0 Å². The van der Waals surface area contributed by atoms with E-state index in [-0.39, 0.29) is 5.78 Å². The number of rotatable bonds is 6. The first-order chi connectivity index (χ1) is 9.28. The van der Waals surface area contributed by atoms with Crippen molar-refractivity contribution >= 4 is 19.5 Å². The number of carbonyl (C=O) groups is 2. The maximum absolute atomic E-state index is 12.2. The highest BCUT2D eigenvalue weighted by Crippen LogP contribution is 2.55. The van der Waals surface area contributed by atoms with Crippen LogP contribution in [0.5, 0.6) is 0 Å². The fraction of sp³-hybridized carbons (Fsp3) is 0.818. The second-order valence-corrected chi connectivity index (χ2v) is 6.49. The van der Waals surface area contributed by atoms with Crippen molar-refractivity contribution in [1.29, 1.82) is 0 Å². The summed E-state index contributed by atoms with van der Waals surface area (Å²) in [7, 11) is -2.94. The van der Waals surface area contributed by atoms with Gasteiger partial charge in [0.2, 0.25) is 0 Å². The number of hydrogen-bond donors (Lipinski definition) is 2. The second kappa shape index (κ2) is 9.07. The lowest BCUT2D eigenvalue weighted by Crippen LogP contribution is -2.65. The number of quaternary nitrogens is 1. The molecule has 1 aliphatic rings. The zero-order valence-corrected chi connectivity index (χ0v) is 12.6. The van der Waals surface area contributed by atoms with Crippen LogP contribution in [0.1, 0.15) is 33.1 Å². The number of carboxylic acid groups (broad SMARTS) is 2. The quantitative estimate of drug-likeness (QED) is 0.495. The fourth-order valence-electron chi connectivity index (χ4n) is 1.67. The molecule has 0 aromatic rings. The van der Waals surface area contributed by atoms with Crippen molar-refractivity contribution < 1.29 is 39.1 Å². The van der Waals surface area contributed by atoms with E-state index < -0.39 is 19.5 Å². The maximum atomic E-state index is 12.2. The van der Waals surface area contributed by atoms with Gasteiger partial charge in [0.25, 0.3) is 0 Å². The minimum absolute atomic E-state index is 0.184. The van der Waals surface area contributed by atoms with Gasteiger partial charge in [-0.3, -0.25) is 4.57 Å². The Kier molecular flexibility index (Phi) is 8.64. The molecule has 1 atom stereocenters. The summed E-state index contributed by atoms with van der Waals surface area (Å²) in [6.07, 6.45) is 3.44. The largest absolute Gasteiger partial charge is 0.539 e. The molecule has 9 heteroatoms. The summed E-state index contributed by atoms with van der Waals surface area (Å²) in [5.74, 6) is -3.76. The highest BCUT2D eigenvalue weighted by Gasteiger charge is 2.43.